The standard InChI is InChI=1S/C13H26N2O/c1-5-7-9-10(3)15-11(4)14-12(8-6-2)13(15)16/h10-12,14H,5-9H2,1-4H3. The molecule has 1 rings (SSSR count). The third-order valence-electron chi connectivity index (χ3n) is 3.44. The first-order valence-electron chi connectivity index (χ1n) is 6.70. The fourth-order valence-corrected chi connectivity index (χ4v) is 2.55. The average Bonchev–Trinajstić information content (AvgIpc) is 2.52. The maximum atomic E-state index is 12.2. The molecule has 1 N–H and O–H groups in total. The van der Waals surface area contributed by atoms with Crippen molar-refractivity contribution in [3.8, 4) is 0 Å². The smallest absolute Gasteiger partial charge is 0.241 e. The Hall–Kier alpha value is -0.570. The topological polar surface area (TPSA) is 32.3 Å². The highest BCUT2D eigenvalue weighted by Gasteiger charge is 2.37. The van der Waals surface area contributed by atoms with Crippen LogP contribution in [0.5, 0.6) is 0 Å². The van der Waals surface area contributed by atoms with Crippen LogP contribution in [0.15, 0.2) is 0 Å². The molecule has 1 aliphatic heterocycles. The van der Waals surface area contributed by atoms with E-state index in [1.54, 1.807) is 0 Å². The molecule has 1 saturated heterocycles. The van der Waals surface area contributed by atoms with Crippen LogP contribution in [-0.4, -0.2) is 29.1 Å². The van der Waals surface area contributed by atoms with Gasteiger partial charge < -0.3 is 4.90 Å². The Morgan fingerprint density at radius 1 is 1.38 bits per heavy atom. The van der Waals surface area contributed by atoms with E-state index < -0.39 is 0 Å². The van der Waals surface area contributed by atoms with Gasteiger partial charge in [0.15, 0.2) is 0 Å². The van der Waals surface area contributed by atoms with E-state index in [0.717, 1.165) is 19.3 Å². The number of unbranched alkanes of at least 4 members (excludes halogenated alkanes) is 1. The minimum Gasteiger partial charge on any atom is -0.323 e. The van der Waals surface area contributed by atoms with Crippen LogP contribution in [0.1, 0.15) is 59.8 Å². The molecule has 0 radical (unpaired) electrons. The van der Waals surface area contributed by atoms with Crippen LogP contribution >= 0.6 is 0 Å². The SMILES string of the molecule is CCCCC(C)N1C(=O)C(CCC)NC1C. The summed E-state index contributed by atoms with van der Waals surface area (Å²) in [6, 6.07) is 0.431. The lowest BCUT2D eigenvalue weighted by atomic mass is 10.1. The van der Waals surface area contributed by atoms with Crippen molar-refractivity contribution in [1.82, 2.24) is 10.2 Å². The van der Waals surface area contributed by atoms with Crippen LogP contribution in [0.4, 0.5) is 0 Å². The maximum absolute atomic E-state index is 12.2. The molecule has 1 amide bonds. The Labute approximate surface area is 99.6 Å². The summed E-state index contributed by atoms with van der Waals surface area (Å²) in [5.41, 5.74) is 0. The van der Waals surface area contributed by atoms with E-state index >= 15 is 0 Å². The monoisotopic (exact) mass is 226 g/mol. The number of carbonyl (C=O) groups excluding carboxylic acids is 1. The number of amides is 1. The summed E-state index contributed by atoms with van der Waals surface area (Å²) >= 11 is 0. The number of rotatable bonds is 6. The van der Waals surface area contributed by atoms with Crippen LogP contribution < -0.4 is 5.32 Å². The van der Waals surface area contributed by atoms with Crippen LogP contribution in [0.25, 0.3) is 0 Å². The van der Waals surface area contributed by atoms with E-state index in [0.29, 0.717) is 11.9 Å². The Morgan fingerprint density at radius 3 is 2.62 bits per heavy atom. The fourth-order valence-electron chi connectivity index (χ4n) is 2.55. The molecule has 3 atom stereocenters. The summed E-state index contributed by atoms with van der Waals surface area (Å²) in [5.74, 6) is 0.304. The predicted molar refractivity (Wildman–Crippen MR) is 67.1 cm³/mol. The van der Waals surface area contributed by atoms with E-state index in [9.17, 15) is 4.79 Å². The van der Waals surface area contributed by atoms with E-state index in [1.807, 2.05) is 4.90 Å². The third kappa shape index (κ3) is 2.97. The average molecular weight is 226 g/mol. The minimum atomic E-state index is 0.0593. The lowest BCUT2D eigenvalue weighted by Crippen LogP contribution is -2.41. The van der Waals surface area contributed by atoms with E-state index in [2.05, 4.69) is 33.0 Å². The van der Waals surface area contributed by atoms with Gasteiger partial charge in [0.1, 0.15) is 0 Å². The molecule has 1 aliphatic rings. The first kappa shape index (κ1) is 13.5. The summed E-state index contributed by atoms with van der Waals surface area (Å²) in [7, 11) is 0. The van der Waals surface area contributed by atoms with Crippen molar-refractivity contribution >= 4 is 5.91 Å². The van der Waals surface area contributed by atoms with Gasteiger partial charge in [-0.25, -0.2) is 0 Å². The largest absolute Gasteiger partial charge is 0.323 e. The molecule has 0 aliphatic carbocycles. The predicted octanol–water partition coefficient (Wildman–Crippen LogP) is 2.51. The van der Waals surface area contributed by atoms with Crippen molar-refractivity contribution < 1.29 is 4.79 Å². The van der Waals surface area contributed by atoms with Crippen LogP contribution in [0.3, 0.4) is 0 Å². The Kier molecular flexibility index (Phi) is 5.26. The zero-order valence-electron chi connectivity index (χ0n) is 11.1. The van der Waals surface area contributed by atoms with Crippen molar-refractivity contribution in [2.45, 2.75) is 78.0 Å². The Morgan fingerprint density at radius 2 is 2.06 bits per heavy atom. The van der Waals surface area contributed by atoms with Gasteiger partial charge in [-0.3, -0.25) is 10.1 Å². The second-order valence-corrected chi connectivity index (χ2v) is 4.92. The quantitative estimate of drug-likeness (QED) is 0.754. The maximum Gasteiger partial charge on any atom is 0.241 e. The minimum absolute atomic E-state index is 0.0593. The van der Waals surface area contributed by atoms with E-state index in [1.165, 1.54) is 12.8 Å². The Bertz CT molecular complexity index is 230. The van der Waals surface area contributed by atoms with Gasteiger partial charge in [-0.1, -0.05) is 33.1 Å². The van der Waals surface area contributed by atoms with Crippen molar-refractivity contribution in [2.24, 2.45) is 0 Å². The first-order chi connectivity index (χ1) is 7.61. The number of nitrogens with one attached hydrogen (secondary N) is 1. The molecule has 3 heteroatoms. The zero-order valence-corrected chi connectivity index (χ0v) is 11.1. The number of hydrogen-bond donors (Lipinski definition) is 1. The molecule has 0 saturated carbocycles. The summed E-state index contributed by atoms with van der Waals surface area (Å²) in [5, 5.41) is 3.39. The molecule has 0 aromatic carbocycles. The molecule has 1 heterocycles. The summed E-state index contributed by atoms with van der Waals surface area (Å²) in [6.45, 7) is 8.58. The van der Waals surface area contributed by atoms with Crippen molar-refractivity contribution in [3.63, 3.8) is 0 Å². The lowest BCUT2D eigenvalue weighted by Gasteiger charge is -2.28. The van der Waals surface area contributed by atoms with Gasteiger partial charge in [-0.05, 0) is 26.7 Å². The lowest BCUT2D eigenvalue weighted by molar-refractivity contribution is -0.132. The normalized spacial score (nSPS) is 27.5. The number of carbonyl (C=O) groups is 1. The molecule has 1 fully saturated rings. The van der Waals surface area contributed by atoms with Gasteiger partial charge in [0.2, 0.25) is 5.91 Å². The summed E-state index contributed by atoms with van der Waals surface area (Å²) in [4.78, 5) is 14.2. The molecule has 0 bridgehead atoms. The van der Waals surface area contributed by atoms with Crippen LogP contribution in [0, 0.1) is 0 Å². The van der Waals surface area contributed by atoms with Gasteiger partial charge in [0, 0.05) is 6.04 Å². The summed E-state index contributed by atoms with van der Waals surface area (Å²) in [6.07, 6.45) is 5.75. The molecule has 0 spiro atoms. The molecule has 16 heavy (non-hydrogen) atoms. The molecular formula is C13H26N2O. The van der Waals surface area contributed by atoms with Gasteiger partial charge in [0.05, 0.1) is 12.2 Å². The van der Waals surface area contributed by atoms with Crippen LogP contribution in [-0.2, 0) is 4.79 Å². The highest BCUT2D eigenvalue weighted by Crippen LogP contribution is 2.20. The molecule has 0 aromatic rings. The van der Waals surface area contributed by atoms with Crippen LogP contribution in [0.2, 0.25) is 0 Å². The van der Waals surface area contributed by atoms with Gasteiger partial charge in [-0.15, -0.1) is 0 Å². The molecular weight excluding hydrogens is 200 g/mol. The van der Waals surface area contributed by atoms with Crippen molar-refractivity contribution in [1.29, 1.82) is 0 Å². The summed E-state index contributed by atoms with van der Waals surface area (Å²) < 4.78 is 0. The second kappa shape index (κ2) is 6.24. The molecule has 3 nitrogen and oxygen atoms in total. The number of nitrogens with zero attached hydrogens (tertiary/aromatic N) is 1. The van der Waals surface area contributed by atoms with E-state index in [-0.39, 0.29) is 12.2 Å². The third-order valence-corrected chi connectivity index (χ3v) is 3.44. The first-order valence-corrected chi connectivity index (χ1v) is 6.70. The second-order valence-electron chi connectivity index (χ2n) is 4.92. The highest BCUT2D eigenvalue weighted by molar-refractivity contribution is 5.84. The highest BCUT2D eigenvalue weighted by atomic mass is 16.2. The van der Waals surface area contributed by atoms with Crippen molar-refractivity contribution in [2.75, 3.05) is 0 Å². The molecule has 94 valence electrons. The molecule has 3 unspecified atom stereocenters. The Balaban J connectivity index is 2.55. The van der Waals surface area contributed by atoms with Gasteiger partial charge in [-0.2, -0.15) is 0 Å². The van der Waals surface area contributed by atoms with Gasteiger partial charge >= 0.3 is 0 Å². The molecule has 0 aromatic heterocycles. The van der Waals surface area contributed by atoms with Crippen molar-refractivity contribution in [3.05, 3.63) is 0 Å². The van der Waals surface area contributed by atoms with Gasteiger partial charge in [0.25, 0.3) is 0 Å². The van der Waals surface area contributed by atoms with E-state index in [4.69, 9.17) is 0 Å². The number of hydrogen-bond acceptors (Lipinski definition) is 2. The zero-order chi connectivity index (χ0) is 12.1. The fraction of sp³-hybridized carbons (Fsp3) is 0.923.